The van der Waals surface area contributed by atoms with Gasteiger partial charge in [0.05, 0.1) is 5.69 Å². The Morgan fingerprint density at radius 3 is 2.14 bits per heavy atom. The number of aromatic nitrogens is 4. The lowest BCUT2D eigenvalue weighted by molar-refractivity contribution is 0.325. The molecule has 0 saturated heterocycles. The maximum atomic E-state index is 12.9. The number of nitrogens with one attached hydrogen (secondary N) is 1. The molecule has 2 aliphatic rings. The van der Waals surface area contributed by atoms with Crippen LogP contribution in [0.2, 0.25) is 0 Å². The van der Waals surface area contributed by atoms with Crippen molar-refractivity contribution in [2.75, 3.05) is 18.0 Å². The molecule has 1 N–H and O–H groups in total. The normalized spacial score (nSPS) is 19.1. The van der Waals surface area contributed by atoms with Gasteiger partial charge in [-0.2, -0.15) is 5.10 Å². The van der Waals surface area contributed by atoms with E-state index in [9.17, 15) is 4.79 Å². The molecule has 2 heterocycles. The van der Waals surface area contributed by atoms with Crippen molar-refractivity contribution in [1.29, 1.82) is 0 Å². The highest BCUT2D eigenvalue weighted by Crippen LogP contribution is 2.29. The van der Waals surface area contributed by atoms with Crippen molar-refractivity contribution in [2.24, 2.45) is 18.9 Å². The molecule has 0 bridgehead atoms. The molecular formula is C23H37N5O. The second-order valence-corrected chi connectivity index (χ2v) is 9.32. The molecule has 2 fully saturated rings. The van der Waals surface area contributed by atoms with E-state index in [-0.39, 0.29) is 5.56 Å². The number of aryl methyl sites for hydroxylation is 2. The molecule has 2 saturated carbocycles. The van der Waals surface area contributed by atoms with Crippen LogP contribution in [0.4, 0.5) is 5.95 Å². The van der Waals surface area contributed by atoms with Crippen molar-refractivity contribution < 1.29 is 0 Å². The smallest absolute Gasteiger partial charge is 0.278 e. The zero-order valence-corrected chi connectivity index (χ0v) is 18.3. The molecule has 29 heavy (non-hydrogen) atoms. The fraction of sp³-hybridized carbons (Fsp3) is 0.783. The zero-order valence-electron chi connectivity index (χ0n) is 18.3. The molecule has 4 rings (SSSR count). The van der Waals surface area contributed by atoms with E-state index in [4.69, 9.17) is 4.98 Å². The Balaban J connectivity index is 1.66. The van der Waals surface area contributed by atoms with Crippen LogP contribution in [0, 0.1) is 11.8 Å². The van der Waals surface area contributed by atoms with Crippen molar-refractivity contribution in [2.45, 2.75) is 84.0 Å². The van der Waals surface area contributed by atoms with Gasteiger partial charge in [0.2, 0.25) is 5.95 Å². The third-order valence-corrected chi connectivity index (χ3v) is 6.94. The van der Waals surface area contributed by atoms with Gasteiger partial charge in [-0.3, -0.25) is 14.5 Å². The summed E-state index contributed by atoms with van der Waals surface area (Å²) in [5.41, 5.74) is 2.30. The summed E-state index contributed by atoms with van der Waals surface area (Å²) in [5.74, 6) is 2.21. The lowest BCUT2D eigenvalue weighted by Gasteiger charge is -2.34. The molecule has 0 amide bonds. The van der Waals surface area contributed by atoms with Gasteiger partial charge in [-0.1, -0.05) is 51.9 Å². The van der Waals surface area contributed by atoms with Gasteiger partial charge in [0.15, 0.2) is 5.52 Å². The predicted octanol–water partition coefficient (Wildman–Crippen LogP) is 4.58. The Bertz CT molecular complexity index is 838. The fourth-order valence-electron chi connectivity index (χ4n) is 5.40. The SMILES string of the molecule is CCCc1nn(C)c2c(=O)[nH]c(N(CC3CCCCC3)CC3CCCCC3)nc12. The van der Waals surface area contributed by atoms with Crippen LogP contribution in [0.3, 0.4) is 0 Å². The lowest BCUT2D eigenvalue weighted by atomic mass is 9.87. The van der Waals surface area contributed by atoms with Gasteiger partial charge in [-0.05, 0) is 43.9 Å². The number of hydrogen-bond acceptors (Lipinski definition) is 4. The second kappa shape index (κ2) is 9.31. The summed E-state index contributed by atoms with van der Waals surface area (Å²) in [6.45, 7) is 4.19. The van der Waals surface area contributed by atoms with Crippen LogP contribution >= 0.6 is 0 Å². The minimum Gasteiger partial charge on any atom is -0.342 e. The van der Waals surface area contributed by atoms with E-state index in [1.165, 1.54) is 64.2 Å². The van der Waals surface area contributed by atoms with Crippen LogP contribution in [-0.4, -0.2) is 32.8 Å². The van der Waals surface area contributed by atoms with Gasteiger partial charge in [-0.15, -0.1) is 0 Å². The average molecular weight is 400 g/mol. The van der Waals surface area contributed by atoms with Gasteiger partial charge in [0, 0.05) is 20.1 Å². The van der Waals surface area contributed by atoms with Crippen molar-refractivity contribution in [3.8, 4) is 0 Å². The van der Waals surface area contributed by atoms with Gasteiger partial charge in [-0.25, -0.2) is 4.98 Å². The molecule has 2 aromatic heterocycles. The van der Waals surface area contributed by atoms with Gasteiger partial charge in [0.1, 0.15) is 5.52 Å². The van der Waals surface area contributed by atoms with Crippen molar-refractivity contribution in [3.63, 3.8) is 0 Å². The Hall–Kier alpha value is -1.85. The number of rotatable bonds is 7. The number of anilines is 1. The molecular weight excluding hydrogens is 362 g/mol. The number of fused-ring (bicyclic) bond motifs is 1. The summed E-state index contributed by atoms with van der Waals surface area (Å²) in [6.07, 6.45) is 15.2. The minimum absolute atomic E-state index is 0.0559. The largest absolute Gasteiger partial charge is 0.342 e. The van der Waals surface area contributed by atoms with Crippen LogP contribution in [0.1, 0.15) is 83.2 Å². The summed E-state index contributed by atoms with van der Waals surface area (Å²) in [6, 6.07) is 0. The highest BCUT2D eigenvalue weighted by atomic mass is 16.1. The Morgan fingerprint density at radius 2 is 1.59 bits per heavy atom. The highest BCUT2D eigenvalue weighted by Gasteiger charge is 2.24. The topological polar surface area (TPSA) is 66.8 Å². The first kappa shape index (κ1) is 20.4. The second-order valence-electron chi connectivity index (χ2n) is 9.32. The maximum Gasteiger partial charge on any atom is 0.278 e. The van der Waals surface area contributed by atoms with Crippen LogP contribution in [0.5, 0.6) is 0 Å². The third-order valence-electron chi connectivity index (χ3n) is 6.94. The highest BCUT2D eigenvalue weighted by molar-refractivity contribution is 5.77. The summed E-state index contributed by atoms with van der Waals surface area (Å²) in [5, 5.41) is 4.59. The molecule has 0 spiro atoms. The predicted molar refractivity (Wildman–Crippen MR) is 118 cm³/mol. The molecule has 0 unspecified atom stereocenters. The van der Waals surface area contributed by atoms with Crippen LogP contribution in [-0.2, 0) is 13.5 Å². The summed E-state index contributed by atoms with van der Waals surface area (Å²) in [4.78, 5) is 23.5. The number of nitrogens with zero attached hydrogens (tertiary/aromatic N) is 4. The number of hydrogen-bond donors (Lipinski definition) is 1. The Kier molecular flexibility index (Phi) is 6.56. The monoisotopic (exact) mass is 399 g/mol. The van der Waals surface area contributed by atoms with Crippen molar-refractivity contribution >= 4 is 17.0 Å². The van der Waals surface area contributed by atoms with Gasteiger partial charge < -0.3 is 4.90 Å². The van der Waals surface area contributed by atoms with E-state index in [1.54, 1.807) is 4.68 Å². The lowest BCUT2D eigenvalue weighted by Crippen LogP contribution is -2.37. The van der Waals surface area contributed by atoms with Crippen molar-refractivity contribution in [1.82, 2.24) is 19.7 Å². The first-order chi connectivity index (χ1) is 14.2. The third kappa shape index (κ3) is 4.67. The molecule has 160 valence electrons. The van der Waals surface area contributed by atoms with Gasteiger partial charge >= 0.3 is 0 Å². The first-order valence-corrected chi connectivity index (χ1v) is 11.9. The van der Waals surface area contributed by atoms with Crippen LogP contribution in [0.15, 0.2) is 4.79 Å². The molecule has 0 radical (unpaired) electrons. The summed E-state index contributed by atoms with van der Waals surface area (Å²) >= 11 is 0. The molecule has 6 nitrogen and oxygen atoms in total. The van der Waals surface area contributed by atoms with E-state index in [1.807, 2.05) is 7.05 Å². The number of H-pyrrole nitrogens is 1. The first-order valence-electron chi connectivity index (χ1n) is 11.9. The molecule has 0 aliphatic heterocycles. The van der Waals surface area contributed by atoms with Crippen molar-refractivity contribution in [3.05, 3.63) is 16.0 Å². The van der Waals surface area contributed by atoms with Gasteiger partial charge in [0.25, 0.3) is 5.56 Å². The molecule has 2 aliphatic carbocycles. The van der Waals surface area contributed by atoms with E-state index in [0.29, 0.717) is 5.52 Å². The number of aromatic amines is 1. The standard InChI is InChI=1S/C23H37N5O/c1-3-10-19-20-21(27(2)26-19)22(29)25-23(24-20)28(15-17-11-6-4-7-12-17)16-18-13-8-5-9-14-18/h17-18H,3-16H2,1-2H3,(H,24,25,29). The molecule has 0 aromatic carbocycles. The van der Waals surface area contributed by atoms with E-state index in [0.717, 1.165) is 54.9 Å². The molecule has 0 atom stereocenters. The summed E-state index contributed by atoms with van der Waals surface area (Å²) in [7, 11) is 1.85. The molecule has 6 heteroatoms. The summed E-state index contributed by atoms with van der Waals surface area (Å²) < 4.78 is 1.70. The zero-order chi connectivity index (χ0) is 20.2. The minimum atomic E-state index is -0.0559. The Morgan fingerprint density at radius 1 is 1.00 bits per heavy atom. The van der Waals surface area contributed by atoms with Crippen LogP contribution < -0.4 is 10.5 Å². The fourth-order valence-corrected chi connectivity index (χ4v) is 5.40. The average Bonchev–Trinajstić information content (AvgIpc) is 3.05. The van der Waals surface area contributed by atoms with E-state index < -0.39 is 0 Å². The Labute approximate surface area is 174 Å². The van der Waals surface area contributed by atoms with Crippen LogP contribution in [0.25, 0.3) is 11.0 Å². The van der Waals surface area contributed by atoms with E-state index >= 15 is 0 Å². The molecule has 2 aromatic rings. The quantitative estimate of drug-likeness (QED) is 0.740. The van der Waals surface area contributed by atoms with E-state index in [2.05, 4.69) is 21.9 Å². The maximum absolute atomic E-state index is 12.9.